The number of nitrogens with zero attached hydrogens (tertiary/aromatic N) is 2. The minimum absolute atomic E-state index is 0.000774. The number of carbonyl (C=O) groups is 1. The summed E-state index contributed by atoms with van der Waals surface area (Å²) in [5.74, 6) is 1.05. The molecule has 7 heteroatoms. The molecule has 0 bridgehead atoms. The van der Waals surface area contributed by atoms with Crippen LogP contribution in [0.15, 0.2) is 59.5 Å². The molecular weight excluding hydrogens is 422 g/mol. The number of carbonyl (C=O) groups excluding carboxylic acids is 1. The Balaban J connectivity index is 1.66. The zero-order valence-electron chi connectivity index (χ0n) is 18.3. The quantitative estimate of drug-likeness (QED) is 0.324. The first-order valence-corrected chi connectivity index (χ1v) is 11.2. The highest BCUT2D eigenvalue weighted by molar-refractivity contribution is 7.14. The molecule has 0 aliphatic heterocycles. The summed E-state index contributed by atoms with van der Waals surface area (Å²) in [7, 11) is 0. The Morgan fingerprint density at radius 1 is 1.16 bits per heavy atom. The van der Waals surface area contributed by atoms with E-state index in [1.165, 1.54) is 11.3 Å². The molecule has 1 aromatic heterocycles. The van der Waals surface area contributed by atoms with Crippen molar-refractivity contribution in [2.24, 2.45) is 0 Å². The van der Waals surface area contributed by atoms with Gasteiger partial charge in [0, 0.05) is 10.9 Å². The summed E-state index contributed by atoms with van der Waals surface area (Å²) in [5.41, 5.74) is 2.40. The van der Waals surface area contributed by atoms with Crippen LogP contribution in [0.5, 0.6) is 11.5 Å². The second-order valence-corrected chi connectivity index (χ2v) is 8.13. The van der Waals surface area contributed by atoms with Gasteiger partial charge in [0.05, 0.1) is 18.4 Å². The summed E-state index contributed by atoms with van der Waals surface area (Å²) in [4.78, 5) is 17.0. The third-order valence-corrected chi connectivity index (χ3v) is 5.03. The van der Waals surface area contributed by atoms with Crippen molar-refractivity contribution in [2.75, 3.05) is 11.9 Å². The fourth-order valence-electron chi connectivity index (χ4n) is 2.80. The molecule has 0 saturated heterocycles. The van der Waals surface area contributed by atoms with Gasteiger partial charge in [0.1, 0.15) is 23.1 Å². The number of amides is 1. The van der Waals surface area contributed by atoms with Gasteiger partial charge in [-0.05, 0) is 68.3 Å². The van der Waals surface area contributed by atoms with Crippen LogP contribution < -0.4 is 14.8 Å². The van der Waals surface area contributed by atoms with Crippen LogP contribution in [0.3, 0.4) is 0 Å². The van der Waals surface area contributed by atoms with Crippen molar-refractivity contribution in [1.82, 2.24) is 4.98 Å². The number of ether oxygens (including phenoxy) is 2. The second-order valence-electron chi connectivity index (χ2n) is 7.27. The Kier molecular flexibility index (Phi) is 8.01. The van der Waals surface area contributed by atoms with Crippen LogP contribution in [0.4, 0.5) is 5.13 Å². The topological polar surface area (TPSA) is 84.2 Å². The first kappa shape index (κ1) is 23.0. The van der Waals surface area contributed by atoms with E-state index < -0.39 is 5.91 Å². The third kappa shape index (κ3) is 6.43. The molecular formula is C25H25N3O3S. The van der Waals surface area contributed by atoms with Gasteiger partial charge in [-0.15, -0.1) is 11.3 Å². The van der Waals surface area contributed by atoms with Crippen LogP contribution in [0.1, 0.15) is 32.8 Å². The zero-order chi connectivity index (χ0) is 22.9. The number of thiazole rings is 1. The molecule has 0 radical (unpaired) electrons. The highest BCUT2D eigenvalue weighted by atomic mass is 32.1. The summed E-state index contributed by atoms with van der Waals surface area (Å²) >= 11 is 1.30. The Morgan fingerprint density at radius 2 is 1.84 bits per heavy atom. The standard InChI is InChI=1S/C25H25N3O3S/c1-4-13-30-21-9-5-18(6-10-21)14-20(15-26)24(29)28-25-27-23(16-32-25)19-7-11-22(12-8-19)31-17(2)3/h5-12,14,16-17H,4,13H2,1-3H3,(H,27,28,29)/b20-14+. The first-order valence-electron chi connectivity index (χ1n) is 10.4. The van der Waals surface area contributed by atoms with Gasteiger partial charge in [0.25, 0.3) is 5.91 Å². The van der Waals surface area contributed by atoms with E-state index in [0.717, 1.165) is 34.7 Å². The fourth-order valence-corrected chi connectivity index (χ4v) is 3.51. The number of hydrogen-bond acceptors (Lipinski definition) is 6. The van der Waals surface area contributed by atoms with Crippen LogP contribution in [0, 0.1) is 11.3 Å². The number of nitrogens with one attached hydrogen (secondary N) is 1. The van der Waals surface area contributed by atoms with Crippen molar-refractivity contribution in [3.63, 3.8) is 0 Å². The zero-order valence-corrected chi connectivity index (χ0v) is 19.1. The monoisotopic (exact) mass is 447 g/mol. The molecule has 1 N–H and O–H groups in total. The fraction of sp³-hybridized carbons (Fsp3) is 0.240. The number of benzene rings is 2. The van der Waals surface area contributed by atoms with Gasteiger partial charge in [-0.3, -0.25) is 10.1 Å². The smallest absolute Gasteiger partial charge is 0.268 e. The molecule has 164 valence electrons. The van der Waals surface area contributed by atoms with E-state index in [0.29, 0.717) is 11.7 Å². The largest absolute Gasteiger partial charge is 0.494 e. The van der Waals surface area contributed by atoms with E-state index in [4.69, 9.17) is 9.47 Å². The lowest BCUT2D eigenvalue weighted by atomic mass is 10.1. The SMILES string of the molecule is CCCOc1ccc(/C=C(\C#N)C(=O)Nc2nc(-c3ccc(OC(C)C)cc3)cs2)cc1. The van der Waals surface area contributed by atoms with Gasteiger partial charge in [-0.25, -0.2) is 4.98 Å². The van der Waals surface area contributed by atoms with E-state index in [1.807, 2.05) is 80.8 Å². The average Bonchev–Trinajstić information content (AvgIpc) is 3.25. The number of rotatable bonds is 9. The minimum atomic E-state index is -0.500. The molecule has 0 atom stereocenters. The molecule has 6 nitrogen and oxygen atoms in total. The highest BCUT2D eigenvalue weighted by Gasteiger charge is 2.13. The third-order valence-electron chi connectivity index (χ3n) is 4.28. The lowest BCUT2D eigenvalue weighted by molar-refractivity contribution is -0.112. The van der Waals surface area contributed by atoms with Crippen molar-refractivity contribution in [3.05, 3.63) is 65.0 Å². The van der Waals surface area contributed by atoms with Crippen molar-refractivity contribution in [3.8, 4) is 28.8 Å². The molecule has 32 heavy (non-hydrogen) atoms. The number of anilines is 1. The van der Waals surface area contributed by atoms with Crippen LogP contribution in [0.2, 0.25) is 0 Å². The molecule has 1 amide bonds. The average molecular weight is 448 g/mol. The van der Waals surface area contributed by atoms with Crippen molar-refractivity contribution in [2.45, 2.75) is 33.3 Å². The Morgan fingerprint density at radius 3 is 2.47 bits per heavy atom. The van der Waals surface area contributed by atoms with E-state index in [2.05, 4.69) is 10.3 Å². The van der Waals surface area contributed by atoms with Crippen molar-refractivity contribution >= 4 is 28.5 Å². The summed E-state index contributed by atoms with van der Waals surface area (Å²) in [6, 6.07) is 16.8. The Bertz CT molecular complexity index is 1110. The maximum Gasteiger partial charge on any atom is 0.268 e. The molecule has 0 aliphatic rings. The van der Waals surface area contributed by atoms with E-state index in [1.54, 1.807) is 6.08 Å². The van der Waals surface area contributed by atoms with Crippen molar-refractivity contribution < 1.29 is 14.3 Å². The van der Waals surface area contributed by atoms with E-state index in [-0.39, 0.29) is 11.7 Å². The maximum atomic E-state index is 12.6. The van der Waals surface area contributed by atoms with Gasteiger partial charge < -0.3 is 9.47 Å². The summed E-state index contributed by atoms with van der Waals surface area (Å²) in [5, 5.41) is 14.4. The molecule has 0 fully saturated rings. The van der Waals surface area contributed by atoms with Gasteiger partial charge in [-0.2, -0.15) is 5.26 Å². The number of aromatic nitrogens is 1. The molecule has 0 aliphatic carbocycles. The van der Waals surface area contributed by atoms with E-state index in [9.17, 15) is 10.1 Å². The molecule has 0 unspecified atom stereocenters. The van der Waals surface area contributed by atoms with Crippen LogP contribution >= 0.6 is 11.3 Å². The van der Waals surface area contributed by atoms with Gasteiger partial charge in [-0.1, -0.05) is 19.1 Å². The number of hydrogen-bond donors (Lipinski definition) is 1. The molecule has 3 aromatic rings. The molecule has 1 heterocycles. The molecule has 0 spiro atoms. The second kappa shape index (κ2) is 11.1. The highest BCUT2D eigenvalue weighted by Crippen LogP contribution is 2.27. The summed E-state index contributed by atoms with van der Waals surface area (Å²) in [6.07, 6.45) is 2.58. The van der Waals surface area contributed by atoms with Crippen molar-refractivity contribution in [1.29, 1.82) is 5.26 Å². The van der Waals surface area contributed by atoms with Gasteiger partial charge in [0.2, 0.25) is 0 Å². The van der Waals surface area contributed by atoms with Crippen LogP contribution in [0.25, 0.3) is 17.3 Å². The lowest BCUT2D eigenvalue weighted by Crippen LogP contribution is -2.13. The number of nitriles is 1. The predicted octanol–water partition coefficient (Wildman–Crippen LogP) is 5.93. The Hall–Kier alpha value is -3.63. The molecule has 2 aromatic carbocycles. The summed E-state index contributed by atoms with van der Waals surface area (Å²) < 4.78 is 11.2. The summed E-state index contributed by atoms with van der Waals surface area (Å²) in [6.45, 7) is 6.64. The predicted molar refractivity (Wildman–Crippen MR) is 128 cm³/mol. The minimum Gasteiger partial charge on any atom is -0.494 e. The molecule has 3 rings (SSSR count). The van der Waals surface area contributed by atoms with Crippen LogP contribution in [-0.2, 0) is 4.79 Å². The molecule has 0 saturated carbocycles. The Labute approximate surface area is 192 Å². The normalized spacial score (nSPS) is 11.2. The van der Waals surface area contributed by atoms with Gasteiger partial charge in [0.15, 0.2) is 5.13 Å². The van der Waals surface area contributed by atoms with E-state index >= 15 is 0 Å². The van der Waals surface area contributed by atoms with Gasteiger partial charge >= 0.3 is 0 Å². The van der Waals surface area contributed by atoms with Crippen LogP contribution in [-0.4, -0.2) is 23.6 Å². The lowest BCUT2D eigenvalue weighted by Gasteiger charge is -2.09. The first-order chi connectivity index (χ1) is 15.5. The maximum absolute atomic E-state index is 12.6.